The third kappa shape index (κ3) is 3.56. The number of rotatable bonds is 4. The number of hydrogen-bond donors (Lipinski definition) is 0. The van der Waals surface area contributed by atoms with Gasteiger partial charge in [0, 0.05) is 36.6 Å². The first kappa shape index (κ1) is 15.8. The molecule has 0 radical (unpaired) electrons. The van der Waals surface area contributed by atoms with Crippen LogP contribution in [0.15, 0.2) is 52.3 Å². The van der Waals surface area contributed by atoms with Crippen LogP contribution in [-0.2, 0) is 11.2 Å². The van der Waals surface area contributed by atoms with Gasteiger partial charge in [-0.2, -0.15) is 0 Å². The number of benzene rings is 1. The van der Waals surface area contributed by atoms with Crippen molar-refractivity contribution in [2.24, 2.45) is 0 Å². The van der Waals surface area contributed by atoms with Crippen LogP contribution in [0.5, 0.6) is 0 Å². The molecule has 25 heavy (non-hydrogen) atoms. The maximum atomic E-state index is 12.4. The van der Waals surface area contributed by atoms with E-state index in [4.69, 9.17) is 4.42 Å². The van der Waals surface area contributed by atoms with Gasteiger partial charge in [-0.15, -0.1) is 16.4 Å². The summed E-state index contributed by atoms with van der Waals surface area (Å²) in [6, 6.07) is 14.2. The van der Waals surface area contributed by atoms with E-state index in [1.165, 1.54) is 0 Å². The number of thiophene rings is 1. The molecule has 0 unspecified atom stereocenters. The third-order valence-electron chi connectivity index (χ3n) is 4.24. The maximum absolute atomic E-state index is 12.4. The Balaban J connectivity index is 1.36. The number of nitrogens with zero attached hydrogens (tertiary/aromatic N) is 4. The number of carbonyl (C=O) groups is 1. The second-order valence-corrected chi connectivity index (χ2v) is 6.91. The van der Waals surface area contributed by atoms with Crippen LogP contribution in [0, 0.1) is 0 Å². The highest BCUT2D eigenvalue weighted by Gasteiger charge is 2.24. The second-order valence-electron chi connectivity index (χ2n) is 5.88. The van der Waals surface area contributed by atoms with E-state index in [0.29, 0.717) is 44.5 Å². The SMILES string of the molecule is O=C(Cc1cccs1)N1CCN(c2nnc(-c3ccccc3)o2)CC1. The summed E-state index contributed by atoms with van der Waals surface area (Å²) in [7, 11) is 0. The smallest absolute Gasteiger partial charge is 0.318 e. The van der Waals surface area contributed by atoms with Crippen molar-refractivity contribution in [3.63, 3.8) is 0 Å². The number of aromatic nitrogens is 2. The summed E-state index contributed by atoms with van der Waals surface area (Å²) in [5, 5.41) is 10.3. The Kier molecular flexibility index (Phi) is 4.47. The Labute approximate surface area is 149 Å². The van der Waals surface area contributed by atoms with Crippen LogP contribution in [0.25, 0.3) is 11.5 Å². The molecule has 1 aromatic carbocycles. The lowest BCUT2D eigenvalue weighted by Gasteiger charge is -2.33. The molecule has 3 aromatic rings. The van der Waals surface area contributed by atoms with Crippen LogP contribution in [0.4, 0.5) is 6.01 Å². The summed E-state index contributed by atoms with van der Waals surface area (Å²) in [5.41, 5.74) is 0.908. The van der Waals surface area contributed by atoms with Gasteiger partial charge in [0.05, 0.1) is 6.42 Å². The Morgan fingerprint density at radius 1 is 1.04 bits per heavy atom. The summed E-state index contributed by atoms with van der Waals surface area (Å²) < 4.78 is 5.79. The average molecular weight is 354 g/mol. The average Bonchev–Trinajstić information content (AvgIpc) is 3.34. The largest absolute Gasteiger partial charge is 0.403 e. The molecule has 7 heteroatoms. The standard InChI is InChI=1S/C18H18N4O2S/c23-16(13-15-7-4-12-25-15)21-8-10-22(11-9-21)18-20-19-17(24-18)14-5-2-1-3-6-14/h1-7,12H,8-11,13H2. The molecule has 1 aliphatic heterocycles. The van der Waals surface area contributed by atoms with E-state index in [1.54, 1.807) is 11.3 Å². The molecule has 1 saturated heterocycles. The zero-order chi connectivity index (χ0) is 17.1. The lowest BCUT2D eigenvalue weighted by atomic mass is 10.2. The molecule has 4 rings (SSSR count). The van der Waals surface area contributed by atoms with Gasteiger partial charge < -0.3 is 14.2 Å². The van der Waals surface area contributed by atoms with Crippen molar-refractivity contribution < 1.29 is 9.21 Å². The van der Waals surface area contributed by atoms with E-state index in [2.05, 4.69) is 10.2 Å². The van der Waals surface area contributed by atoms with Crippen molar-refractivity contribution >= 4 is 23.3 Å². The van der Waals surface area contributed by atoms with E-state index in [0.717, 1.165) is 10.4 Å². The van der Waals surface area contributed by atoms with Crippen LogP contribution < -0.4 is 4.90 Å². The van der Waals surface area contributed by atoms with Gasteiger partial charge in [-0.25, -0.2) is 0 Å². The molecule has 0 bridgehead atoms. The fourth-order valence-electron chi connectivity index (χ4n) is 2.86. The van der Waals surface area contributed by atoms with Gasteiger partial charge in [0.1, 0.15) is 0 Å². The van der Waals surface area contributed by atoms with Crippen molar-refractivity contribution in [3.8, 4) is 11.5 Å². The summed E-state index contributed by atoms with van der Waals surface area (Å²) >= 11 is 1.62. The van der Waals surface area contributed by atoms with Crippen LogP contribution in [0.3, 0.4) is 0 Å². The van der Waals surface area contributed by atoms with E-state index in [9.17, 15) is 4.79 Å². The lowest BCUT2D eigenvalue weighted by molar-refractivity contribution is -0.130. The first-order chi connectivity index (χ1) is 12.3. The molecule has 0 N–H and O–H groups in total. The third-order valence-corrected chi connectivity index (χ3v) is 5.12. The van der Waals surface area contributed by atoms with Gasteiger partial charge in [0.25, 0.3) is 0 Å². The number of anilines is 1. The minimum atomic E-state index is 0.178. The molecule has 0 atom stereocenters. The minimum absolute atomic E-state index is 0.178. The molecule has 0 spiro atoms. The van der Waals surface area contributed by atoms with Crippen LogP contribution >= 0.6 is 11.3 Å². The fourth-order valence-corrected chi connectivity index (χ4v) is 3.56. The predicted octanol–water partition coefficient (Wildman–Crippen LogP) is 2.69. The molecule has 1 amide bonds. The molecule has 0 aliphatic carbocycles. The molecule has 3 heterocycles. The Morgan fingerprint density at radius 2 is 1.84 bits per heavy atom. The monoisotopic (exact) mass is 354 g/mol. The quantitative estimate of drug-likeness (QED) is 0.721. The number of amides is 1. The predicted molar refractivity (Wildman–Crippen MR) is 96.6 cm³/mol. The minimum Gasteiger partial charge on any atom is -0.403 e. The molecule has 1 fully saturated rings. The van der Waals surface area contributed by atoms with Crippen LogP contribution in [-0.4, -0.2) is 47.2 Å². The highest BCUT2D eigenvalue weighted by molar-refractivity contribution is 7.10. The van der Waals surface area contributed by atoms with Crippen molar-refractivity contribution in [3.05, 3.63) is 52.7 Å². The maximum Gasteiger partial charge on any atom is 0.318 e. The van der Waals surface area contributed by atoms with Crippen molar-refractivity contribution in [1.82, 2.24) is 15.1 Å². The molecule has 128 valence electrons. The molecule has 0 saturated carbocycles. The van der Waals surface area contributed by atoms with E-state index in [1.807, 2.05) is 57.6 Å². The summed E-state index contributed by atoms with van der Waals surface area (Å²) in [6.07, 6.45) is 0.483. The Morgan fingerprint density at radius 3 is 2.56 bits per heavy atom. The zero-order valence-corrected chi connectivity index (χ0v) is 14.5. The summed E-state index contributed by atoms with van der Waals surface area (Å²) in [4.78, 5) is 17.4. The lowest BCUT2D eigenvalue weighted by Crippen LogP contribution is -2.49. The highest BCUT2D eigenvalue weighted by Crippen LogP contribution is 2.22. The zero-order valence-electron chi connectivity index (χ0n) is 13.7. The first-order valence-corrected chi connectivity index (χ1v) is 9.11. The van der Waals surface area contributed by atoms with Gasteiger partial charge >= 0.3 is 6.01 Å². The van der Waals surface area contributed by atoms with Gasteiger partial charge in [0.15, 0.2) is 0 Å². The summed E-state index contributed by atoms with van der Waals surface area (Å²) in [5.74, 6) is 0.699. The number of hydrogen-bond acceptors (Lipinski definition) is 6. The molecule has 2 aromatic heterocycles. The highest BCUT2D eigenvalue weighted by atomic mass is 32.1. The van der Waals surface area contributed by atoms with Gasteiger partial charge in [-0.05, 0) is 23.6 Å². The topological polar surface area (TPSA) is 62.5 Å². The van der Waals surface area contributed by atoms with Crippen molar-refractivity contribution in [2.45, 2.75) is 6.42 Å². The van der Waals surface area contributed by atoms with E-state index in [-0.39, 0.29) is 5.91 Å². The van der Waals surface area contributed by atoms with E-state index >= 15 is 0 Å². The molecular weight excluding hydrogens is 336 g/mol. The first-order valence-electron chi connectivity index (χ1n) is 8.23. The Bertz CT molecular complexity index is 824. The molecular formula is C18H18N4O2S. The van der Waals surface area contributed by atoms with Crippen molar-refractivity contribution in [1.29, 1.82) is 0 Å². The van der Waals surface area contributed by atoms with Crippen LogP contribution in [0.2, 0.25) is 0 Å². The van der Waals surface area contributed by atoms with E-state index < -0.39 is 0 Å². The van der Waals surface area contributed by atoms with Gasteiger partial charge in [-0.1, -0.05) is 29.4 Å². The fraction of sp³-hybridized carbons (Fsp3) is 0.278. The summed E-state index contributed by atoms with van der Waals surface area (Å²) in [6.45, 7) is 2.75. The molecule has 6 nitrogen and oxygen atoms in total. The molecule has 1 aliphatic rings. The Hall–Kier alpha value is -2.67. The van der Waals surface area contributed by atoms with Gasteiger partial charge in [0.2, 0.25) is 11.8 Å². The number of piperazine rings is 1. The van der Waals surface area contributed by atoms with Gasteiger partial charge in [-0.3, -0.25) is 4.79 Å². The van der Waals surface area contributed by atoms with Crippen LogP contribution in [0.1, 0.15) is 4.88 Å². The second kappa shape index (κ2) is 7.06. The number of carbonyl (C=O) groups excluding carboxylic acids is 1. The normalized spacial score (nSPS) is 14.7. The van der Waals surface area contributed by atoms with Crippen molar-refractivity contribution in [2.75, 3.05) is 31.1 Å².